The topological polar surface area (TPSA) is 89.9 Å². The average Bonchev–Trinajstić information content (AvgIpc) is 3.30. The quantitative estimate of drug-likeness (QED) is 0.654. The molecule has 0 radical (unpaired) electrons. The van der Waals surface area contributed by atoms with Crippen molar-refractivity contribution in [2.24, 2.45) is 0 Å². The Bertz CT molecular complexity index is 1030. The number of benzene rings is 1. The summed E-state index contributed by atoms with van der Waals surface area (Å²) in [5, 5.41) is 2.99. The number of ether oxygens (including phenoxy) is 1. The van der Waals surface area contributed by atoms with E-state index in [0.717, 1.165) is 24.6 Å². The summed E-state index contributed by atoms with van der Waals surface area (Å²) < 4.78 is 18.0. The highest BCUT2D eigenvalue weighted by atomic mass is 16.5. The van der Waals surface area contributed by atoms with Gasteiger partial charge in [0.2, 0.25) is 5.91 Å². The predicted molar refractivity (Wildman–Crippen MR) is 107 cm³/mol. The molecule has 1 saturated heterocycles. The molecule has 1 aliphatic rings. The van der Waals surface area contributed by atoms with Gasteiger partial charge in [0.1, 0.15) is 11.5 Å². The van der Waals surface area contributed by atoms with Crippen LogP contribution in [0.4, 0.5) is 0 Å². The number of morpholine rings is 1. The number of aromatic nitrogens is 1. The second kappa shape index (κ2) is 8.67. The van der Waals surface area contributed by atoms with Crippen molar-refractivity contribution < 1.29 is 18.4 Å². The lowest BCUT2D eigenvalue weighted by Gasteiger charge is -2.33. The van der Waals surface area contributed by atoms with E-state index in [9.17, 15) is 9.59 Å². The van der Waals surface area contributed by atoms with Gasteiger partial charge in [0.25, 0.3) is 0 Å². The number of amides is 1. The van der Waals surface area contributed by atoms with Gasteiger partial charge in [-0.15, -0.1) is 0 Å². The highest BCUT2D eigenvalue weighted by molar-refractivity contribution is 5.76. The molecule has 8 heteroatoms. The first kappa shape index (κ1) is 19.5. The van der Waals surface area contributed by atoms with Gasteiger partial charge < -0.3 is 18.9 Å². The minimum Gasteiger partial charge on any atom is -0.465 e. The molecule has 1 amide bonds. The molecule has 0 saturated carbocycles. The SMILES string of the molecule is Cc1ccc(C(CNC(=O)CCn2c(=O)oc3ccccc32)N2CCOCC2)o1. The van der Waals surface area contributed by atoms with Gasteiger partial charge >= 0.3 is 5.76 Å². The number of nitrogens with zero attached hydrogens (tertiary/aromatic N) is 2. The molecule has 8 nitrogen and oxygen atoms in total. The average molecular weight is 399 g/mol. The van der Waals surface area contributed by atoms with Crippen LogP contribution in [0.1, 0.15) is 24.0 Å². The maximum absolute atomic E-state index is 12.5. The van der Waals surface area contributed by atoms with Gasteiger partial charge in [0, 0.05) is 32.6 Å². The van der Waals surface area contributed by atoms with Gasteiger partial charge in [-0.2, -0.15) is 0 Å². The van der Waals surface area contributed by atoms with Crippen molar-refractivity contribution in [2.45, 2.75) is 25.9 Å². The van der Waals surface area contributed by atoms with Crippen LogP contribution < -0.4 is 11.1 Å². The number of para-hydroxylation sites is 2. The molecular formula is C21H25N3O5. The summed E-state index contributed by atoms with van der Waals surface area (Å²) >= 11 is 0. The number of oxazole rings is 1. The van der Waals surface area contributed by atoms with Crippen molar-refractivity contribution in [2.75, 3.05) is 32.8 Å². The fourth-order valence-corrected chi connectivity index (χ4v) is 3.67. The number of fused-ring (bicyclic) bond motifs is 1. The molecule has 4 rings (SSSR count). The van der Waals surface area contributed by atoms with Gasteiger partial charge in [-0.25, -0.2) is 4.79 Å². The van der Waals surface area contributed by atoms with Crippen LogP contribution in [0.3, 0.4) is 0 Å². The molecule has 3 aromatic rings. The van der Waals surface area contributed by atoms with Crippen molar-refractivity contribution in [3.8, 4) is 0 Å². The zero-order valence-electron chi connectivity index (χ0n) is 16.4. The third-order valence-electron chi connectivity index (χ3n) is 5.20. The van der Waals surface area contributed by atoms with Gasteiger partial charge in [-0.3, -0.25) is 14.3 Å². The van der Waals surface area contributed by atoms with Crippen LogP contribution in [-0.4, -0.2) is 48.2 Å². The molecule has 1 N–H and O–H groups in total. The molecule has 1 atom stereocenters. The summed E-state index contributed by atoms with van der Waals surface area (Å²) in [5.41, 5.74) is 1.22. The molecule has 29 heavy (non-hydrogen) atoms. The molecule has 2 aromatic heterocycles. The monoisotopic (exact) mass is 399 g/mol. The molecule has 154 valence electrons. The fraction of sp³-hybridized carbons (Fsp3) is 0.429. The van der Waals surface area contributed by atoms with Gasteiger partial charge in [-0.05, 0) is 31.2 Å². The Morgan fingerprint density at radius 2 is 1.93 bits per heavy atom. The van der Waals surface area contributed by atoms with Crippen molar-refractivity contribution in [1.82, 2.24) is 14.8 Å². The second-order valence-electron chi connectivity index (χ2n) is 7.15. The van der Waals surface area contributed by atoms with E-state index in [1.807, 2.05) is 37.3 Å². The van der Waals surface area contributed by atoms with Crippen LogP contribution in [-0.2, 0) is 16.1 Å². The maximum Gasteiger partial charge on any atom is 0.419 e. The van der Waals surface area contributed by atoms with Crippen LogP contribution in [0.5, 0.6) is 0 Å². The molecule has 3 heterocycles. The number of furan rings is 1. The van der Waals surface area contributed by atoms with Gasteiger partial charge in [0.15, 0.2) is 5.58 Å². The van der Waals surface area contributed by atoms with E-state index >= 15 is 0 Å². The zero-order valence-corrected chi connectivity index (χ0v) is 16.4. The number of hydrogen-bond donors (Lipinski definition) is 1. The molecule has 1 unspecified atom stereocenters. The first-order valence-corrected chi connectivity index (χ1v) is 9.85. The van der Waals surface area contributed by atoms with Crippen LogP contribution >= 0.6 is 0 Å². The predicted octanol–water partition coefficient (Wildman–Crippen LogP) is 2.08. The third-order valence-corrected chi connectivity index (χ3v) is 5.20. The first-order valence-electron chi connectivity index (χ1n) is 9.85. The number of aryl methyl sites for hydroxylation is 2. The molecule has 1 aliphatic heterocycles. The van der Waals surface area contributed by atoms with Crippen molar-refractivity contribution in [3.05, 3.63) is 58.5 Å². The molecule has 0 spiro atoms. The summed E-state index contributed by atoms with van der Waals surface area (Å²) in [5.74, 6) is 1.11. The van der Waals surface area contributed by atoms with Crippen molar-refractivity contribution >= 4 is 17.0 Å². The Kier molecular flexibility index (Phi) is 5.82. The van der Waals surface area contributed by atoms with E-state index < -0.39 is 5.76 Å². The largest absolute Gasteiger partial charge is 0.465 e. The van der Waals surface area contributed by atoms with Crippen molar-refractivity contribution in [3.63, 3.8) is 0 Å². The summed E-state index contributed by atoms with van der Waals surface area (Å²) in [6.45, 7) is 5.52. The summed E-state index contributed by atoms with van der Waals surface area (Å²) in [7, 11) is 0. The normalized spacial score (nSPS) is 16.2. The zero-order chi connectivity index (χ0) is 20.2. The van der Waals surface area contributed by atoms with Crippen LogP contribution in [0, 0.1) is 6.92 Å². The lowest BCUT2D eigenvalue weighted by atomic mass is 10.1. The third kappa shape index (κ3) is 4.44. The summed E-state index contributed by atoms with van der Waals surface area (Å²) in [4.78, 5) is 26.8. The number of nitrogens with one attached hydrogen (secondary N) is 1. The Morgan fingerprint density at radius 1 is 1.14 bits per heavy atom. The number of carbonyl (C=O) groups is 1. The molecule has 1 aromatic carbocycles. The fourth-order valence-electron chi connectivity index (χ4n) is 3.67. The van der Waals surface area contributed by atoms with E-state index in [-0.39, 0.29) is 24.9 Å². The smallest absolute Gasteiger partial charge is 0.419 e. The van der Waals surface area contributed by atoms with Gasteiger partial charge in [0.05, 0.1) is 24.8 Å². The van der Waals surface area contributed by atoms with E-state index in [2.05, 4.69) is 10.2 Å². The Morgan fingerprint density at radius 3 is 2.69 bits per heavy atom. The summed E-state index contributed by atoms with van der Waals surface area (Å²) in [6.07, 6.45) is 0.191. The van der Waals surface area contributed by atoms with E-state index in [1.165, 1.54) is 4.57 Å². The number of carbonyl (C=O) groups excluding carboxylic acids is 1. The molecular weight excluding hydrogens is 374 g/mol. The Labute approximate surface area is 168 Å². The lowest BCUT2D eigenvalue weighted by Crippen LogP contribution is -2.43. The number of rotatable bonds is 7. The maximum atomic E-state index is 12.5. The minimum absolute atomic E-state index is 0.0472. The van der Waals surface area contributed by atoms with E-state index in [1.54, 1.807) is 6.07 Å². The van der Waals surface area contributed by atoms with E-state index in [0.29, 0.717) is 30.9 Å². The Hall–Kier alpha value is -2.84. The molecule has 0 aliphatic carbocycles. The van der Waals surface area contributed by atoms with Crippen LogP contribution in [0.25, 0.3) is 11.1 Å². The van der Waals surface area contributed by atoms with Crippen LogP contribution in [0.2, 0.25) is 0 Å². The highest BCUT2D eigenvalue weighted by Gasteiger charge is 2.25. The van der Waals surface area contributed by atoms with E-state index in [4.69, 9.17) is 13.6 Å². The van der Waals surface area contributed by atoms with Crippen molar-refractivity contribution in [1.29, 1.82) is 0 Å². The molecule has 1 fully saturated rings. The van der Waals surface area contributed by atoms with Crippen LogP contribution in [0.15, 0.2) is 50.0 Å². The Balaban J connectivity index is 1.38. The number of hydrogen-bond acceptors (Lipinski definition) is 6. The first-order chi connectivity index (χ1) is 14.1. The molecule has 0 bridgehead atoms. The lowest BCUT2D eigenvalue weighted by molar-refractivity contribution is -0.121. The summed E-state index contributed by atoms with van der Waals surface area (Å²) in [6, 6.07) is 11.0. The highest BCUT2D eigenvalue weighted by Crippen LogP contribution is 2.23. The standard InChI is InChI=1S/C21H25N3O5/c1-15-6-7-19(28-15)17(23-10-12-27-13-11-23)14-22-20(25)8-9-24-16-4-2-3-5-18(16)29-21(24)26/h2-7,17H,8-14H2,1H3,(H,22,25). The second-order valence-corrected chi connectivity index (χ2v) is 7.15. The minimum atomic E-state index is -0.448. The van der Waals surface area contributed by atoms with Gasteiger partial charge in [-0.1, -0.05) is 12.1 Å².